The van der Waals surface area contributed by atoms with Crippen molar-refractivity contribution >= 4 is 0 Å². The van der Waals surface area contributed by atoms with Crippen LogP contribution in [-0.2, 0) is 12.0 Å². The largest absolute Gasteiger partial charge is 0.339 e. The van der Waals surface area contributed by atoms with Crippen LogP contribution >= 0.6 is 0 Å². The molecule has 0 bridgehead atoms. The van der Waals surface area contributed by atoms with E-state index in [0.717, 1.165) is 12.8 Å². The molecule has 1 rings (SSSR count). The number of unbranched alkanes of at least 4 members (excludes halogenated alkanes) is 3. The van der Waals surface area contributed by atoms with Crippen LogP contribution in [0.5, 0.6) is 0 Å². The summed E-state index contributed by atoms with van der Waals surface area (Å²) in [5, 5.41) is 3.88. The summed E-state index contributed by atoms with van der Waals surface area (Å²) < 4.78 is 5.13. The number of nitrogens with zero attached hydrogens (tertiary/aromatic N) is 2. The molecule has 4 nitrogen and oxygen atoms in total. The van der Waals surface area contributed by atoms with Crippen molar-refractivity contribution in [2.45, 2.75) is 58.4 Å². The standard InChI is InChI=1S/C11H21N3O/c1-4-5-6-7-8-9-13-10(14-15-9)11(2,3)12/h4-8,12H2,1-3H3. The van der Waals surface area contributed by atoms with Crippen LogP contribution in [0.15, 0.2) is 4.52 Å². The van der Waals surface area contributed by atoms with Crippen molar-refractivity contribution in [1.82, 2.24) is 10.1 Å². The van der Waals surface area contributed by atoms with Crippen LogP contribution in [0.25, 0.3) is 0 Å². The second-order valence-corrected chi connectivity index (χ2v) is 4.54. The van der Waals surface area contributed by atoms with E-state index in [-0.39, 0.29) is 0 Å². The van der Waals surface area contributed by atoms with E-state index in [4.69, 9.17) is 10.3 Å². The Balaban J connectivity index is 2.40. The van der Waals surface area contributed by atoms with Gasteiger partial charge in [0.15, 0.2) is 5.82 Å². The molecule has 0 saturated heterocycles. The summed E-state index contributed by atoms with van der Waals surface area (Å²) in [7, 11) is 0. The van der Waals surface area contributed by atoms with Crippen LogP contribution in [0.2, 0.25) is 0 Å². The van der Waals surface area contributed by atoms with Gasteiger partial charge in [0, 0.05) is 6.42 Å². The van der Waals surface area contributed by atoms with Crippen LogP contribution in [0.3, 0.4) is 0 Å². The van der Waals surface area contributed by atoms with Gasteiger partial charge in [-0.15, -0.1) is 0 Å². The van der Waals surface area contributed by atoms with Crippen molar-refractivity contribution in [3.63, 3.8) is 0 Å². The zero-order valence-corrected chi connectivity index (χ0v) is 9.92. The van der Waals surface area contributed by atoms with Crippen LogP contribution in [-0.4, -0.2) is 10.1 Å². The van der Waals surface area contributed by atoms with Crippen molar-refractivity contribution in [1.29, 1.82) is 0 Å². The maximum Gasteiger partial charge on any atom is 0.226 e. The van der Waals surface area contributed by atoms with Crippen molar-refractivity contribution in [2.24, 2.45) is 5.73 Å². The summed E-state index contributed by atoms with van der Waals surface area (Å²) in [6, 6.07) is 0. The molecule has 86 valence electrons. The van der Waals surface area contributed by atoms with Gasteiger partial charge in [-0.05, 0) is 20.3 Å². The molecule has 1 aromatic heterocycles. The topological polar surface area (TPSA) is 64.9 Å². The highest BCUT2D eigenvalue weighted by Gasteiger charge is 2.21. The number of hydrogen-bond donors (Lipinski definition) is 1. The van der Waals surface area contributed by atoms with Crippen LogP contribution < -0.4 is 5.73 Å². The van der Waals surface area contributed by atoms with Crippen LogP contribution in [0.1, 0.15) is 58.2 Å². The molecule has 0 spiro atoms. The molecule has 0 aromatic carbocycles. The van der Waals surface area contributed by atoms with Crippen LogP contribution in [0, 0.1) is 0 Å². The fourth-order valence-corrected chi connectivity index (χ4v) is 1.32. The Hall–Kier alpha value is -0.900. The summed E-state index contributed by atoms with van der Waals surface area (Å²) >= 11 is 0. The molecule has 0 unspecified atom stereocenters. The van der Waals surface area contributed by atoms with Crippen molar-refractivity contribution < 1.29 is 4.52 Å². The van der Waals surface area contributed by atoms with Gasteiger partial charge in [0.2, 0.25) is 5.89 Å². The van der Waals surface area contributed by atoms with Gasteiger partial charge < -0.3 is 10.3 Å². The maximum atomic E-state index is 5.86. The molecule has 1 aromatic rings. The van der Waals surface area contributed by atoms with Gasteiger partial charge in [-0.2, -0.15) is 4.98 Å². The first-order valence-electron chi connectivity index (χ1n) is 5.66. The Labute approximate surface area is 91.2 Å². The molecular weight excluding hydrogens is 190 g/mol. The average molecular weight is 211 g/mol. The summed E-state index contributed by atoms with van der Waals surface area (Å²) in [4.78, 5) is 4.28. The normalized spacial score (nSPS) is 12.0. The van der Waals surface area contributed by atoms with Gasteiger partial charge in [-0.25, -0.2) is 0 Å². The second-order valence-electron chi connectivity index (χ2n) is 4.54. The fraction of sp³-hybridized carbons (Fsp3) is 0.818. The predicted molar refractivity (Wildman–Crippen MR) is 59.4 cm³/mol. The third-order valence-electron chi connectivity index (χ3n) is 2.29. The molecule has 1 heterocycles. The minimum absolute atomic E-state index is 0.509. The van der Waals surface area contributed by atoms with E-state index >= 15 is 0 Å². The summed E-state index contributed by atoms with van der Waals surface area (Å²) in [6.45, 7) is 5.94. The highest BCUT2D eigenvalue weighted by atomic mass is 16.5. The number of nitrogens with two attached hydrogens (primary N) is 1. The zero-order chi connectivity index (χ0) is 11.3. The molecule has 0 aliphatic carbocycles. The molecule has 0 saturated carbocycles. The Bertz CT molecular complexity index is 288. The van der Waals surface area contributed by atoms with E-state index in [9.17, 15) is 0 Å². The number of aryl methyl sites for hydroxylation is 1. The Morgan fingerprint density at radius 1 is 1.27 bits per heavy atom. The highest BCUT2D eigenvalue weighted by molar-refractivity contribution is 4.98. The van der Waals surface area contributed by atoms with Gasteiger partial charge in [0.25, 0.3) is 0 Å². The number of hydrogen-bond acceptors (Lipinski definition) is 4. The molecule has 0 amide bonds. The van der Waals surface area contributed by atoms with Crippen molar-refractivity contribution in [2.75, 3.05) is 0 Å². The summed E-state index contributed by atoms with van der Waals surface area (Å²) in [5.41, 5.74) is 5.35. The Morgan fingerprint density at radius 3 is 2.53 bits per heavy atom. The van der Waals surface area contributed by atoms with Crippen molar-refractivity contribution in [3.05, 3.63) is 11.7 Å². The van der Waals surface area contributed by atoms with E-state index in [1.54, 1.807) is 0 Å². The average Bonchev–Trinajstić information content (AvgIpc) is 2.60. The number of rotatable bonds is 6. The first-order chi connectivity index (χ1) is 7.04. The number of aromatic nitrogens is 2. The smallest absolute Gasteiger partial charge is 0.226 e. The van der Waals surface area contributed by atoms with Crippen LogP contribution in [0.4, 0.5) is 0 Å². The second kappa shape index (κ2) is 5.26. The monoisotopic (exact) mass is 211 g/mol. The van der Waals surface area contributed by atoms with Crippen molar-refractivity contribution in [3.8, 4) is 0 Å². The molecule has 2 N–H and O–H groups in total. The van der Waals surface area contributed by atoms with E-state index in [0.29, 0.717) is 11.7 Å². The lowest BCUT2D eigenvalue weighted by molar-refractivity contribution is 0.357. The molecule has 0 atom stereocenters. The molecule has 4 heteroatoms. The van der Waals surface area contributed by atoms with E-state index in [1.807, 2.05) is 13.8 Å². The summed E-state index contributed by atoms with van der Waals surface area (Å²) in [6.07, 6.45) is 5.71. The first-order valence-corrected chi connectivity index (χ1v) is 5.66. The third kappa shape index (κ3) is 4.00. The van der Waals surface area contributed by atoms with Gasteiger partial charge in [0.1, 0.15) is 0 Å². The molecule has 0 fully saturated rings. The van der Waals surface area contributed by atoms with E-state index < -0.39 is 5.54 Å². The maximum absolute atomic E-state index is 5.86. The minimum atomic E-state index is -0.509. The predicted octanol–water partition coefficient (Wildman–Crippen LogP) is 2.39. The Kier molecular flexibility index (Phi) is 4.27. The summed E-state index contributed by atoms with van der Waals surface area (Å²) in [5.74, 6) is 1.30. The molecule has 0 aliphatic rings. The lowest BCUT2D eigenvalue weighted by Gasteiger charge is -2.11. The molecule has 15 heavy (non-hydrogen) atoms. The lowest BCUT2D eigenvalue weighted by atomic mass is 10.1. The van der Waals surface area contributed by atoms with Gasteiger partial charge in [-0.3, -0.25) is 0 Å². The van der Waals surface area contributed by atoms with E-state index in [2.05, 4.69) is 17.1 Å². The fourth-order valence-electron chi connectivity index (χ4n) is 1.32. The van der Waals surface area contributed by atoms with Gasteiger partial charge in [0.05, 0.1) is 5.54 Å². The highest BCUT2D eigenvalue weighted by Crippen LogP contribution is 2.14. The third-order valence-corrected chi connectivity index (χ3v) is 2.29. The quantitative estimate of drug-likeness (QED) is 0.734. The zero-order valence-electron chi connectivity index (χ0n) is 9.92. The Morgan fingerprint density at radius 2 is 2.00 bits per heavy atom. The van der Waals surface area contributed by atoms with Gasteiger partial charge in [-0.1, -0.05) is 31.3 Å². The van der Waals surface area contributed by atoms with E-state index in [1.165, 1.54) is 19.3 Å². The molecular formula is C11H21N3O. The first kappa shape index (κ1) is 12.2. The molecule has 0 radical (unpaired) electrons. The van der Waals surface area contributed by atoms with Gasteiger partial charge >= 0.3 is 0 Å². The minimum Gasteiger partial charge on any atom is -0.339 e. The lowest BCUT2D eigenvalue weighted by Crippen LogP contribution is -2.30. The molecule has 0 aliphatic heterocycles. The SMILES string of the molecule is CCCCCCc1nc(C(C)(C)N)no1.